The Hall–Kier alpha value is -2.19. The summed E-state index contributed by atoms with van der Waals surface area (Å²) >= 11 is 8.54. The molecule has 0 fully saturated rings. The van der Waals surface area contributed by atoms with Gasteiger partial charge in [-0.2, -0.15) is 5.10 Å². The molecule has 0 aliphatic heterocycles. The minimum atomic E-state index is -0.286. The highest BCUT2D eigenvalue weighted by Crippen LogP contribution is 2.20. The van der Waals surface area contributed by atoms with E-state index in [0.717, 1.165) is 11.4 Å². The van der Waals surface area contributed by atoms with Crippen LogP contribution in [0.25, 0.3) is 5.69 Å². The second-order valence-electron chi connectivity index (χ2n) is 4.65. The molecule has 0 aliphatic rings. The van der Waals surface area contributed by atoms with Crippen molar-refractivity contribution >= 4 is 39.7 Å². The number of nitrogens with one attached hydrogen (secondary N) is 3. The van der Waals surface area contributed by atoms with E-state index < -0.39 is 0 Å². The Kier molecular flexibility index (Phi) is 3.95. The zero-order chi connectivity index (χ0) is 15.7. The quantitative estimate of drug-likeness (QED) is 0.610. The van der Waals surface area contributed by atoms with Crippen LogP contribution in [0, 0.1) is 11.7 Å². The summed E-state index contributed by atoms with van der Waals surface area (Å²) in [7, 11) is 0. The molecule has 0 radical (unpaired) electrons. The van der Waals surface area contributed by atoms with Crippen LogP contribution in [0.15, 0.2) is 41.1 Å². The number of aromatic nitrogens is 4. The molecule has 0 unspecified atom stereocenters. The van der Waals surface area contributed by atoms with Gasteiger partial charge in [0.25, 0.3) is 5.91 Å². The van der Waals surface area contributed by atoms with Gasteiger partial charge in [-0.15, -0.1) is 0 Å². The molecule has 2 heterocycles. The molecule has 0 bridgehead atoms. The number of carbonyl (C=O) groups excluding carboxylic acids is 1. The first-order chi connectivity index (χ1) is 10.6. The van der Waals surface area contributed by atoms with Crippen molar-refractivity contribution in [1.29, 1.82) is 0 Å². The topological polar surface area (TPSA) is 78.5 Å². The van der Waals surface area contributed by atoms with Crippen LogP contribution < -0.4 is 5.32 Å². The average Bonchev–Trinajstić information content (AvgIpc) is 3.06. The van der Waals surface area contributed by atoms with E-state index in [0.29, 0.717) is 20.6 Å². The van der Waals surface area contributed by atoms with E-state index in [1.54, 1.807) is 6.20 Å². The van der Waals surface area contributed by atoms with Gasteiger partial charge in [0, 0.05) is 29.5 Å². The van der Waals surface area contributed by atoms with Gasteiger partial charge in [0.1, 0.15) is 0 Å². The fourth-order valence-corrected chi connectivity index (χ4v) is 2.61. The smallest absolute Gasteiger partial charge is 0.277 e. The number of halogens is 1. The predicted molar refractivity (Wildman–Crippen MR) is 89.9 cm³/mol. The zero-order valence-electron chi connectivity index (χ0n) is 11.6. The summed E-state index contributed by atoms with van der Waals surface area (Å²) in [6.07, 6.45) is 3.59. The maximum absolute atomic E-state index is 12.3. The summed E-state index contributed by atoms with van der Waals surface area (Å²) in [6.45, 7) is 1.84. The third-order valence-corrected chi connectivity index (χ3v) is 4.40. The lowest BCUT2D eigenvalue weighted by Gasteiger charge is -2.07. The van der Waals surface area contributed by atoms with Gasteiger partial charge in [-0.05, 0) is 53.3 Å². The SMILES string of the molecule is Cc1[nH]nc(C(=O)Nc2cccc(-n3cc[nH]c3=S)c2)c1Br. The average molecular weight is 378 g/mol. The number of H-pyrrole nitrogens is 2. The van der Waals surface area contributed by atoms with Crippen molar-refractivity contribution in [2.45, 2.75) is 6.92 Å². The Bertz CT molecular complexity index is 895. The van der Waals surface area contributed by atoms with Crippen LogP contribution in [0.2, 0.25) is 0 Å². The van der Waals surface area contributed by atoms with Crippen LogP contribution >= 0.6 is 28.1 Å². The number of aryl methyl sites for hydroxylation is 1. The lowest BCUT2D eigenvalue weighted by molar-refractivity contribution is 0.102. The van der Waals surface area contributed by atoms with Gasteiger partial charge in [0.15, 0.2) is 10.5 Å². The van der Waals surface area contributed by atoms with Crippen molar-refractivity contribution in [1.82, 2.24) is 19.7 Å². The van der Waals surface area contributed by atoms with Gasteiger partial charge in [-0.1, -0.05) is 6.07 Å². The van der Waals surface area contributed by atoms with Crippen LogP contribution in [0.1, 0.15) is 16.2 Å². The third-order valence-electron chi connectivity index (χ3n) is 3.12. The zero-order valence-corrected chi connectivity index (χ0v) is 14.0. The van der Waals surface area contributed by atoms with E-state index >= 15 is 0 Å². The maximum Gasteiger partial charge on any atom is 0.277 e. The van der Waals surface area contributed by atoms with Gasteiger partial charge in [0.2, 0.25) is 0 Å². The van der Waals surface area contributed by atoms with Gasteiger partial charge >= 0.3 is 0 Å². The standard InChI is InChI=1S/C14H12BrN5OS/c1-8-11(15)12(19-18-8)13(21)17-9-3-2-4-10(7-9)20-6-5-16-14(20)22/h2-7H,1H3,(H,16,22)(H,17,21)(H,18,19). The normalized spacial score (nSPS) is 10.6. The minimum Gasteiger partial charge on any atom is -0.337 e. The number of rotatable bonds is 3. The van der Waals surface area contributed by atoms with Crippen molar-refractivity contribution in [3.63, 3.8) is 0 Å². The fraction of sp³-hybridized carbons (Fsp3) is 0.0714. The predicted octanol–water partition coefficient (Wildman–Crippen LogP) is 3.58. The largest absolute Gasteiger partial charge is 0.337 e. The number of amides is 1. The highest BCUT2D eigenvalue weighted by Gasteiger charge is 2.15. The van der Waals surface area contributed by atoms with E-state index in [1.807, 2.05) is 42.0 Å². The monoisotopic (exact) mass is 377 g/mol. The summed E-state index contributed by atoms with van der Waals surface area (Å²) in [5.74, 6) is -0.286. The molecule has 3 aromatic rings. The number of nitrogens with zero attached hydrogens (tertiary/aromatic N) is 2. The molecule has 8 heteroatoms. The summed E-state index contributed by atoms with van der Waals surface area (Å²) in [6, 6.07) is 7.42. The Balaban J connectivity index is 1.87. The summed E-state index contributed by atoms with van der Waals surface area (Å²) in [5.41, 5.74) is 2.65. The highest BCUT2D eigenvalue weighted by molar-refractivity contribution is 9.10. The number of hydrogen-bond acceptors (Lipinski definition) is 3. The van der Waals surface area contributed by atoms with Crippen molar-refractivity contribution in [3.05, 3.63) is 57.3 Å². The van der Waals surface area contributed by atoms with E-state index in [-0.39, 0.29) is 5.91 Å². The molecule has 0 saturated carbocycles. The Morgan fingerprint density at radius 1 is 1.45 bits per heavy atom. The number of anilines is 1. The third kappa shape index (κ3) is 2.75. The molecule has 1 amide bonds. The summed E-state index contributed by atoms with van der Waals surface area (Å²) in [5, 5.41) is 9.58. The first kappa shape index (κ1) is 14.7. The summed E-state index contributed by atoms with van der Waals surface area (Å²) in [4.78, 5) is 15.2. The Labute approximate surface area is 139 Å². The lowest BCUT2D eigenvalue weighted by Crippen LogP contribution is -2.13. The minimum absolute atomic E-state index is 0.286. The maximum atomic E-state index is 12.3. The molecule has 1 aromatic carbocycles. The first-order valence-electron chi connectivity index (χ1n) is 6.44. The second kappa shape index (κ2) is 5.90. The first-order valence-corrected chi connectivity index (χ1v) is 7.64. The number of benzene rings is 1. The summed E-state index contributed by atoms with van der Waals surface area (Å²) < 4.78 is 3.07. The van der Waals surface area contributed by atoms with E-state index in [9.17, 15) is 4.79 Å². The lowest BCUT2D eigenvalue weighted by atomic mass is 10.2. The molecule has 2 aromatic heterocycles. The number of carbonyl (C=O) groups is 1. The molecule has 22 heavy (non-hydrogen) atoms. The van der Waals surface area contributed by atoms with Crippen LogP contribution in [0.4, 0.5) is 5.69 Å². The molecule has 112 valence electrons. The van der Waals surface area contributed by atoms with Gasteiger partial charge in [-0.25, -0.2) is 0 Å². The van der Waals surface area contributed by atoms with E-state index in [4.69, 9.17) is 12.2 Å². The molecule has 6 nitrogen and oxygen atoms in total. The van der Waals surface area contributed by atoms with Gasteiger partial charge < -0.3 is 10.3 Å². The molecular weight excluding hydrogens is 366 g/mol. The molecule has 0 aliphatic carbocycles. The molecule has 3 rings (SSSR count). The van der Waals surface area contributed by atoms with Crippen molar-refractivity contribution in [2.24, 2.45) is 0 Å². The van der Waals surface area contributed by atoms with Crippen LogP contribution in [-0.4, -0.2) is 25.7 Å². The Morgan fingerprint density at radius 2 is 2.27 bits per heavy atom. The van der Waals surface area contributed by atoms with Gasteiger partial charge in [0.05, 0.1) is 4.47 Å². The number of imidazole rings is 1. The van der Waals surface area contributed by atoms with Crippen LogP contribution in [-0.2, 0) is 0 Å². The molecule has 3 N–H and O–H groups in total. The second-order valence-corrected chi connectivity index (χ2v) is 5.83. The number of aromatic amines is 2. The Morgan fingerprint density at radius 3 is 2.91 bits per heavy atom. The molecule has 0 atom stereocenters. The van der Waals surface area contributed by atoms with Crippen molar-refractivity contribution < 1.29 is 4.79 Å². The molecular formula is C14H12BrN5OS. The number of hydrogen-bond donors (Lipinski definition) is 3. The van der Waals surface area contributed by atoms with E-state index in [1.165, 1.54) is 0 Å². The molecule has 0 saturated heterocycles. The fourth-order valence-electron chi connectivity index (χ4n) is 2.01. The van der Waals surface area contributed by atoms with Crippen molar-refractivity contribution in [2.75, 3.05) is 5.32 Å². The van der Waals surface area contributed by atoms with E-state index in [2.05, 4.69) is 36.4 Å². The van der Waals surface area contributed by atoms with Crippen LogP contribution in [0.5, 0.6) is 0 Å². The highest BCUT2D eigenvalue weighted by atomic mass is 79.9. The van der Waals surface area contributed by atoms with Crippen molar-refractivity contribution in [3.8, 4) is 5.69 Å². The van der Waals surface area contributed by atoms with Gasteiger partial charge in [-0.3, -0.25) is 14.5 Å². The molecule has 0 spiro atoms. The van der Waals surface area contributed by atoms with Crippen LogP contribution in [0.3, 0.4) is 0 Å².